The third-order valence-corrected chi connectivity index (χ3v) is 4.17. The molecule has 0 radical (unpaired) electrons. The van der Waals surface area contributed by atoms with Crippen LogP contribution < -0.4 is 5.32 Å². The molecule has 1 aromatic heterocycles. The van der Waals surface area contributed by atoms with Gasteiger partial charge in [0.15, 0.2) is 0 Å². The predicted octanol–water partition coefficient (Wildman–Crippen LogP) is 1.18. The van der Waals surface area contributed by atoms with E-state index in [4.69, 9.17) is 5.11 Å². The van der Waals surface area contributed by atoms with Crippen molar-refractivity contribution in [3.8, 4) is 5.69 Å². The highest BCUT2D eigenvalue weighted by molar-refractivity contribution is 5.95. The summed E-state index contributed by atoms with van der Waals surface area (Å²) in [4.78, 5) is 23.5. The summed E-state index contributed by atoms with van der Waals surface area (Å²) in [5.41, 5.74) is 0.600. The highest BCUT2D eigenvalue weighted by atomic mass is 16.4. The molecule has 3 rings (SSSR count). The van der Waals surface area contributed by atoms with Gasteiger partial charge in [-0.05, 0) is 47.5 Å². The number of benzene rings is 1. The van der Waals surface area contributed by atoms with Gasteiger partial charge in [0, 0.05) is 5.56 Å². The largest absolute Gasteiger partial charge is 0.481 e. The van der Waals surface area contributed by atoms with E-state index in [2.05, 4.69) is 20.8 Å². The molecular weight excluding hydrogens is 298 g/mol. The Hall–Kier alpha value is -2.77. The highest BCUT2D eigenvalue weighted by Gasteiger charge is 2.37. The number of nitrogens with zero attached hydrogens (tertiary/aromatic N) is 4. The van der Waals surface area contributed by atoms with Crippen molar-refractivity contribution in [3.05, 3.63) is 36.2 Å². The average Bonchev–Trinajstić information content (AvgIpc) is 3.19. The number of amides is 1. The van der Waals surface area contributed by atoms with E-state index in [1.165, 1.54) is 11.0 Å². The van der Waals surface area contributed by atoms with Crippen molar-refractivity contribution in [2.24, 2.45) is 0 Å². The van der Waals surface area contributed by atoms with E-state index in [-0.39, 0.29) is 12.3 Å². The molecule has 8 nitrogen and oxygen atoms in total. The lowest BCUT2D eigenvalue weighted by atomic mass is 9.92. The Balaban J connectivity index is 1.73. The van der Waals surface area contributed by atoms with Crippen molar-refractivity contribution in [2.45, 2.75) is 37.6 Å². The molecule has 1 aliphatic rings. The Morgan fingerprint density at radius 2 is 1.91 bits per heavy atom. The number of rotatable bonds is 5. The number of carboxylic acid groups (broad SMARTS) is 1. The number of aliphatic carboxylic acids is 1. The van der Waals surface area contributed by atoms with Gasteiger partial charge in [-0.3, -0.25) is 9.59 Å². The first-order valence-corrected chi connectivity index (χ1v) is 7.46. The molecule has 1 aliphatic carbocycles. The topological polar surface area (TPSA) is 110 Å². The molecule has 23 heavy (non-hydrogen) atoms. The fourth-order valence-electron chi connectivity index (χ4n) is 3.05. The number of hydrogen-bond donors (Lipinski definition) is 2. The van der Waals surface area contributed by atoms with Crippen LogP contribution in [0.15, 0.2) is 30.6 Å². The van der Waals surface area contributed by atoms with Crippen LogP contribution in [-0.2, 0) is 4.79 Å². The van der Waals surface area contributed by atoms with Gasteiger partial charge in [-0.25, -0.2) is 4.68 Å². The van der Waals surface area contributed by atoms with E-state index in [1.807, 2.05) is 0 Å². The monoisotopic (exact) mass is 315 g/mol. The molecule has 0 bridgehead atoms. The van der Waals surface area contributed by atoms with Crippen LogP contribution in [0.1, 0.15) is 42.5 Å². The van der Waals surface area contributed by atoms with Crippen LogP contribution in [0.2, 0.25) is 0 Å². The van der Waals surface area contributed by atoms with Gasteiger partial charge in [0.2, 0.25) is 0 Å². The van der Waals surface area contributed by atoms with Crippen LogP contribution in [0.3, 0.4) is 0 Å². The quantitative estimate of drug-likeness (QED) is 0.857. The number of carboxylic acids is 1. The summed E-state index contributed by atoms with van der Waals surface area (Å²) in [6, 6.07) is 6.83. The van der Waals surface area contributed by atoms with Crippen molar-refractivity contribution in [2.75, 3.05) is 0 Å². The van der Waals surface area contributed by atoms with Crippen LogP contribution >= 0.6 is 0 Å². The lowest BCUT2D eigenvalue weighted by Crippen LogP contribution is -2.47. The maximum absolute atomic E-state index is 12.4. The zero-order chi connectivity index (χ0) is 16.3. The molecule has 0 unspecified atom stereocenters. The van der Waals surface area contributed by atoms with Crippen molar-refractivity contribution < 1.29 is 14.7 Å². The van der Waals surface area contributed by atoms with Crippen molar-refractivity contribution in [3.63, 3.8) is 0 Å². The number of nitrogens with one attached hydrogen (secondary N) is 1. The van der Waals surface area contributed by atoms with Crippen LogP contribution in [0.25, 0.3) is 5.69 Å². The zero-order valence-corrected chi connectivity index (χ0v) is 12.5. The Morgan fingerprint density at radius 1 is 1.22 bits per heavy atom. The molecule has 0 spiro atoms. The fraction of sp³-hybridized carbons (Fsp3) is 0.400. The number of carbonyl (C=O) groups is 2. The van der Waals surface area contributed by atoms with Gasteiger partial charge >= 0.3 is 5.97 Å². The van der Waals surface area contributed by atoms with Gasteiger partial charge in [0.05, 0.1) is 17.6 Å². The number of carbonyl (C=O) groups excluding carboxylic acids is 1. The molecule has 120 valence electrons. The molecule has 1 aromatic carbocycles. The maximum atomic E-state index is 12.4. The number of tetrazole rings is 1. The van der Waals surface area contributed by atoms with Crippen LogP contribution in [0, 0.1) is 0 Å². The molecule has 1 saturated carbocycles. The minimum Gasteiger partial charge on any atom is -0.481 e. The summed E-state index contributed by atoms with van der Waals surface area (Å²) in [6.07, 6.45) is 4.70. The van der Waals surface area contributed by atoms with Crippen LogP contribution in [-0.4, -0.2) is 42.7 Å². The first kappa shape index (κ1) is 15.1. The smallest absolute Gasteiger partial charge is 0.305 e. The minimum atomic E-state index is -0.888. The third kappa shape index (κ3) is 3.36. The second-order valence-corrected chi connectivity index (χ2v) is 5.81. The molecule has 2 aromatic rings. The zero-order valence-electron chi connectivity index (χ0n) is 12.5. The molecule has 0 aliphatic heterocycles. The molecule has 0 saturated heterocycles. The Kier molecular flexibility index (Phi) is 4.05. The van der Waals surface area contributed by atoms with E-state index in [9.17, 15) is 9.59 Å². The lowest BCUT2D eigenvalue weighted by Gasteiger charge is -2.28. The summed E-state index contributed by atoms with van der Waals surface area (Å²) in [6.45, 7) is 0. The van der Waals surface area contributed by atoms with Crippen LogP contribution in [0.4, 0.5) is 0 Å². The summed E-state index contributed by atoms with van der Waals surface area (Å²) in [5.74, 6) is -1.14. The first-order chi connectivity index (χ1) is 11.1. The van der Waals surface area contributed by atoms with Gasteiger partial charge in [-0.15, -0.1) is 5.10 Å². The van der Waals surface area contributed by atoms with Gasteiger partial charge < -0.3 is 10.4 Å². The molecule has 1 amide bonds. The predicted molar refractivity (Wildman–Crippen MR) is 80.1 cm³/mol. The molecule has 1 heterocycles. The number of aromatic nitrogens is 4. The molecule has 0 atom stereocenters. The Bertz CT molecular complexity index is 690. The van der Waals surface area contributed by atoms with E-state index in [0.29, 0.717) is 18.4 Å². The van der Waals surface area contributed by atoms with Gasteiger partial charge in [0.1, 0.15) is 6.33 Å². The number of hydrogen-bond acceptors (Lipinski definition) is 5. The summed E-state index contributed by atoms with van der Waals surface area (Å²) >= 11 is 0. The van der Waals surface area contributed by atoms with E-state index < -0.39 is 11.5 Å². The average molecular weight is 315 g/mol. The molecule has 2 N–H and O–H groups in total. The van der Waals surface area contributed by atoms with Crippen molar-refractivity contribution >= 4 is 11.9 Å². The van der Waals surface area contributed by atoms with Crippen molar-refractivity contribution in [1.82, 2.24) is 25.5 Å². The maximum Gasteiger partial charge on any atom is 0.305 e. The highest BCUT2D eigenvalue weighted by Crippen LogP contribution is 2.33. The standard InChI is InChI=1S/C15H17N5O3/c21-13(22)9-15(7-1-2-8-15)17-14(23)11-3-5-12(6-4-11)20-10-16-18-19-20/h3-6,10H,1-2,7-9H2,(H,17,23)(H,21,22). The van der Waals surface area contributed by atoms with Gasteiger partial charge in [0.25, 0.3) is 5.91 Å². The Morgan fingerprint density at radius 3 is 2.48 bits per heavy atom. The Labute approximate surface area is 132 Å². The van der Waals surface area contributed by atoms with Gasteiger partial charge in [-0.2, -0.15) is 0 Å². The van der Waals surface area contributed by atoms with Gasteiger partial charge in [-0.1, -0.05) is 12.8 Å². The second kappa shape index (κ2) is 6.15. The normalized spacial score (nSPS) is 16.2. The van der Waals surface area contributed by atoms with E-state index in [1.54, 1.807) is 24.3 Å². The summed E-state index contributed by atoms with van der Waals surface area (Å²) < 4.78 is 1.49. The first-order valence-electron chi connectivity index (χ1n) is 7.46. The third-order valence-electron chi connectivity index (χ3n) is 4.17. The minimum absolute atomic E-state index is 0.0402. The molecule has 1 fully saturated rings. The lowest BCUT2D eigenvalue weighted by molar-refractivity contribution is -0.138. The SMILES string of the molecule is O=C(O)CC1(NC(=O)c2ccc(-n3cnnn3)cc2)CCCC1. The summed E-state index contributed by atoms with van der Waals surface area (Å²) in [5, 5.41) is 22.9. The van der Waals surface area contributed by atoms with Crippen molar-refractivity contribution in [1.29, 1.82) is 0 Å². The van der Waals surface area contributed by atoms with E-state index >= 15 is 0 Å². The van der Waals surface area contributed by atoms with Crippen LogP contribution in [0.5, 0.6) is 0 Å². The summed E-state index contributed by atoms with van der Waals surface area (Å²) in [7, 11) is 0. The molecular formula is C15H17N5O3. The van der Waals surface area contributed by atoms with E-state index in [0.717, 1.165) is 18.5 Å². The second-order valence-electron chi connectivity index (χ2n) is 5.81. The fourth-order valence-corrected chi connectivity index (χ4v) is 3.05. The molecule has 8 heteroatoms.